The molecule has 0 radical (unpaired) electrons. The van der Waals surface area contributed by atoms with Gasteiger partial charge in [0.15, 0.2) is 11.6 Å². The smallest absolute Gasteiger partial charge is 0.248 e. The van der Waals surface area contributed by atoms with Gasteiger partial charge in [-0.15, -0.1) is 5.10 Å². The van der Waals surface area contributed by atoms with Crippen LogP contribution in [0.3, 0.4) is 0 Å². The molecule has 0 saturated carbocycles. The standard InChI is InChI=1S/C20H16ClN5O2/c21-17-10-15(6-8-22-17)19-24-20(16-7-9-23-18(27)11-16)26(25-19)13-28-12-14-4-2-1-3-5-14/h1-11H,12-13H2,(H,23,27). The molecule has 3 aromatic heterocycles. The Morgan fingerprint density at radius 1 is 1.07 bits per heavy atom. The molecule has 7 nitrogen and oxygen atoms in total. The predicted octanol–water partition coefficient (Wildman–Crippen LogP) is 3.52. The lowest BCUT2D eigenvalue weighted by Gasteiger charge is -2.07. The van der Waals surface area contributed by atoms with Gasteiger partial charge in [-0.2, -0.15) is 0 Å². The minimum Gasteiger partial charge on any atom is -0.354 e. The van der Waals surface area contributed by atoms with Crippen LogP contribution in [0.2, 0.25) is 5.15 Å². The molecule has 0 amide bonds. The molecule has 0 fully saturated rings. The number of hydrogen-bond donors (Lipinski definition) is 1. The minimum atomic E-state index is -0.217. The Morgan fingerprint density at radius 3 is 2.71 bits per heavy atom. The number of pyridine rings is 2. The van der Waals surface area contributed by atoms with Gasteiger partial charge in [0.2, 0.25) is 5.56 Å². The molecule has 1 N–H and O–H groups in total. The summed E-state index contributed by atoms with van der Waals surface area (Å²) in [6.07, 6.45) is 3.17. The van der Waals surface area contributed by atoms with E-state index in [1.54, 1.807) is 35.3 Å². The highest BCUT2D eigenvalue weighted by Crippen LogP contribution is 2.23. The van der Waals surface area contributed by atoms with Crippen molar-refractivity contribution in [2.75, 3.05) is 0 Å². The van der Waals surface area contributed by atoms with Gasteiger partial charge in [-0.05, 0) is 23.8 Å². The van der Waals surface area contributed by atoms with Gasteiger partial charge in [-0.25, -0.2) is 14.6 Å². The Morgan fingerprint density at radius 2 is 1.93 bits per heavy atom. The number of ether oxygens (including phenoxy) is 1. The van der Waals surface area contributed by atoms with E-state index in [1.807, 2.05) is 30.3 Å². The Kier molecular flexibility index (Phi) is 5.27. The van der Waals surface area contributed by atoms with Crippen LogP contribution in [-0.4, -0.2) is 24.7 Å². The van der Waals surface area contributed by atoms with Gasteiger partial charge >= 0.3 is 0 Å². The Bertz CT molecular complexity index is 1140. The molecule has 0 bridgehead atoms. The summed E-state index contributed by atoms with van der Waals surface area (Å²) >= 11 is 5.99. The maximum Gasteiger partial charge on any atom is 0.248 e. The highest BCUT2D eigenvalue weighted by molar-refractivity contribution is 6.29. The second-order valence-corrected chi connectivity index (χ2v) is 6.42. The van der Waals surface area contributed by atoms with Gasteiger partial charge < -0.3 is 9.72 Å². The minimum absolute atomic E-state index is 0.183. The van der Waals surface area contributed by atoms with E-state index in [0.29, 0.717) is 29.0 Å². The van der Waals surface area contributed by atoms with Crippen molar-refractivity contribution in [3.63, 3.8) is 0 Å². The molecule has 140 valence electrons. The van der Waals surface area contributed by atoms with E-state index in [2.05, 4.69) is 20.1 Å². The molecule has 28 heavy (non-hydrogen) atoms. The van der Waals surface area contributed by atoms with Crippen LogP contribution in [0.5, 0.6) is 0 Å². The van der Waals surface area contributed by atoms with Crippen LogP contribution in [0.15, 0.2) is 71.8 Å². The molecule has 1 aromatic carbocycles. The summed E-state index contributed by atoms with van der Waals surface area (Å²) < 4.78 is 7.43. The molecule has 0 unspecified atom stereocenters. The number of H-pyrrole nitrogens is 1. The maximum atomic E-state index is 11.7. The highest BCUT2D eigenvalue weighted by Gasteiger charge is 2.14. The van der Waals surface area contributed by atoms with E-state index in [-0.39, 0.29) is 12.3 Å². The molecule has 0 aliphatic carbocycles. The van der Waals surface area contributed by atoms with Crippen molar-refractivity contribution in [3.8, 4) is 22.8 Å². The van der Waals surface area contributed by atoms with Crippen molar-refractivity contribution in [1.29, 1.82) is 0 Å². The summed E-state index contributed by atoms with van der Waals surface area (Å²) in [4.78, 5) is 22.9. The first-order valence-corrected chi connectivity index (χ1v) is 8.94. The number of aromatic nitrogens is 5. The maximum absolute atomic E-state index is 11.7. The number of rotatable bonds is 6. The second-order valence-electron chi connectivity index (χ2n) is 6.03. The van der Waals surface area contributed by atoms with Crippen molar-refractivity contribution < 1.29 is 4.74 Å². The van der Waals surface area contributed by atoms with Crippen LogP contribution in [0.1, 0.15) is 5.56 Å². The van der Waals surface area contributed by atoms with Crippen molar-refractivity contribution in [2.45, 2.75) is 13.3 Å². The fraction of sp³-hybridized carbons (Fsp3) is 0.100. The molecular weight excluding hydrogens is 378 g/mol. The summed E-state index contributed by atoms with van der Waals surface area (Å²) in [5.41, 5.74) is 2.21. The Hall–Kier alpha value is -3.29. The third-order valence-electron chi connectivity index (χ3n) is 4.01. The van der Waals surface area contributed by atoms with E-state index in [4.69, 9.17) is 16.3 Å². The van der Waals surface area contributed by atoms with Crippen LogP contribution >= 0.6 is 11.6 Å². The molecule has 0 aliphatic rings. The van der Waals surface area contributed by atoms with Crippen LogP contribution in [-0.2, 0) is 18.1 Å². The highest BCUT2D eigenvalue weighted by atomic mass is 35.5. The molecule has 4 aromatic rings. The SMILES string of the molecule is O=c1cc(-c2nc(-c3ccnc(Cl)c3)nn2COCc2ccccc2)cc[nH]1. The number of nitrogens with one attached hydrogen (secondary N) is 1. The van der Waals surface area contributed by atoms with Crippen molar-refractivity contribution in [3.05, 3.63) is 88.1 Å². The normalized spacial score (nSPS) is 10.9. The molecular formula is C20H16ClN5O2. The molecule has 8 heteroatoms. The lowest BCUT2D eigenvalue weighted by Crippen LogP contribution is -2.09. The quantitative estimate of drug-likeness (QED) is 0.506. The number of nitrogens with zero attached hydrogens (tertiary/aromatic N) is 4. The number of aromatic amines is 1. The molecule has 4 rings (SSSR count). The van der Waals surface area contributed by atoms with Gasteiger partial charge in [-0.3, -0.25) is 4.79 Å². The largest absolute Gasteiger partial charge is 0.354 e. The van der Waals surface area contributed by atoms with E-state index in [0.717, 1.165) is 11.1 Å². The summed E-state index contributed by atoms with van der Waals surface area (Å²) in [6, 6.07) is 16.6. The van der Waals surface area contributed by atoms with Crippen LogP contribution in [0.4, 0.5) is 0 Å². The lowest BCUT2D eigenvalue weighted by molar-refractivity contribution is 0.0572. The zero-order chi connectivity index (χ0) is 19.3. The molecule has 0 atom stereocenters. The van der Waals surface area contributed by atoms with Crippen molar-refractivity contribution >= 4 is 11.6 Å². The van der Waals surface area contributed by atoms with Crippen LogP contribution < -0.4 is 5.56 Å². The number of benzene rings is 1. The number of halogens is 1. The van der Waals surface area contributed by atoms with Crippen molar-refractivity contribution in [1.82, 2.24) is 24.7 Å². The average Bonchev–Trinajstić information content (AvgIpc) is 3.13. The van der Waals surface area contributed by atoms with Gasteiger partial charge in [0.1, 0.15) is 11.9 Å². The third kappa shape index (κ3) is 4.16. The monoisotopic (exact) mass is 393 g/mol. The summed E-state index contributed by atoms with van der Waals surface area (Å²) in [7, 11) is 0. The fourth-order valence-corrected chi connectivity index (χ4v) is 2.89. The predicted molar refractivity (Wildman–Crippen MR) is 106 cm³/mol. The van der Waals surface area contributed by atoms with E-state index < -0.39 is 0 Å². The summed E-state index contributed by atoms with van der Waals surface area (Å²) in [5, 5.41) is 4.89. The average molecular weight is 394 g/mol. The first kappa shape index (κ1) is 18.1. The van der Waals surface area contributed by atoms with Gasteiger partial charge in [0.05, 0.1) is 6.61 Å². The molecule has 0 saturated heterocycles. The van der Waals surface area contributed by atoms with Gasteiger partial charge in [0, 0.05) is 29.6 Å². The number of hydrogen-bond acceptors (Lipinski definition) is 5. The van der Waals surface area contributed by atoms with Crippen molar-refractivity contribution in [2.24, 2.45) is 0 Å². The fourth-order valence-electron chi connectivity index (χ4n) is 2.72. The Labute approximate surface area is 165 Å². The molecule has 0 spiro atoms. The zero-order valence-corrected chi connectivity index (χ0v) is 15.5. The van der Waals surface area contributed by atoms with Gasteiger partial charge in [-0.1, -0.05) is 41.9 Å². The van der Waals surface area contributed by atoms with E-state index in [1.165, 1.54) is 6.07 Å². The first-order chi connectivity index (χ1) is 13.7. The molecule has 0 aliphatic heterocycles. The Balaban J connectivity index is 1.65. The van der Waals surface area contributed by atoms with Crippen LogP contribution in [0, 0.1) is 0 Å². The topological polar surface area (TPSA) is 85.7 Å². The second kappa shape index (κ2) is 8.16. The summed E-state index contributed by atoms with van der Waals surface area (Å²) in [6.45, 7) is 0.620. The van der Waals surface area contributed by atoms with Crippen LogP contribution in [0.25, 0.3) is 22.8 Å². The molecule has 3 heterocycles. The van der Waals surface area contributed by atoms with Gasteiger partial charge in [0.25, 0.3) is 0 Å². The summed E-state index contributed by atoms with van der Waals surface area (Å²) in [5.74, 6) is 1.00. The lowest BCUT2D eigenvalue weighted by atomic mass is 10.2. The first-order valence-electron chi connectivity index (χ1n) is 8.56. The van der Waals surface area contributed by atoms with E-state index in [9.17, 15) is 4.79 Å². The zero-order valence-electron chi connectivity index (χ0n) is 14.7. The van der Waals surface area contributed by atoms with E-state index >= 15 is 0 Å². The third-order valence-corrected chi connectivity index (χ3v) is 4.22.